The minimum atomic E-state index is 1.50. The van der Waals surface area contributed by atoms with Crippen LogP contribution in [0.3, 0.4) is 0 Å². The molecule has 0 atom stereocenters. The Morgan fingerprint density at radius 1 is 0.625 bits per heavy atom. The lowest BCUT2D eigenvalue weighted by Gasteiger charge is -2.05. The predicted molar refractivity (Wildman–Crippen MR) is 32.7 cm³/mol. The molecule has 1 saturated carbocycles. The molecule has 0 aromatic heterocycles. The maximum absolute atomic E-state index is 6.25. The van der Waals surface area contributed by atoms with Gasteiger partial charge in [0.25, 0.3) is 0 Å². The Kier molecular flexibility index (Phi) is 6.08. The van der Waals surface area contributed by atoms with Gasteiger partial charge in [-0.05, 0) is 0 Å². The van der Waals surface area contributed by atoms with E-state index in [1.165, 1.54) is 38.5 Å². The van der Waals surface area contributed by atoms with Gasteiger partial charge in [0.2, 0.25) is 0 Å². The lowest BCUT2D eigenvalue weighted by molar-refractivity contribution is 0.504. The fourth-order valence-electron chi connectivity index (χ4n) is 1.06. The molecule has 1 aliphatic carbocycles. The minimum absolute atomic E-state index is 1.50. The average Bonchev–Trinajstić information content (AvgIpc) is 1.96. The van der Waals surface area contributed by atoms with Gasteiger partial charge in [-0.2, -0.15) is 0 Å². The molecule has 8 heavy (non-hydrogen) atoms. The molecule has 0 spiro atoms. The largest absolute Gasteiger partial charge is 0.512 e. The SMILES string of the molecule is C1CCCCC1.[C-]#N. The van der Waals surface area contributed by atoms with Crippen molar-refractivity contribution < 1.29 is 0 Å². The van der Waals surface area contributed by atoms with E-state index in [9.17, 15) is 0 Å². The van der Waals surface area contributed by atoms with E-state index in [0.717, 1.165) is 0 Å². The maximum Gasteiger partial charge on any atom is -0.0533 e. The second kappa shape index (κ2) is 6.49. The van der Waals surface area contributed by atoms with Crippen LogP contribution in [0, 0.1) is 11.8 Å². The van der Waals surface area contributed by atoms with Gasteiger partial charge in [0, 0.05) is 0 Å². The summed E-state index contributed by atoms with van der Waals surface area (Å²) >= 11 is 0. The first kappa shape index (κ1) is 7.49. The topological polar surface area (TPSA) is 23.8 Å². The zero-order chi connectivity index (χ0) is 6.24. The van der Waals surface area contributed by atoms with Crippen LogP contribution in [0.25, 0.3) is 0 Å². The molecule has 1 fully saturated rings. The Hall–Kier alpha value is -0.510. The number of hydrogen-bond acceptors (Lipinski definition) is 1. The van der Waals surface area contributed by atoms with Crippen LogP contribution < -0.4 is 0 Å². The van der Waals surface area contributed by atoms with Gasteiger partial charge < -0.3 is 11.8 Å². The maximum atomic E-state index is 6.25. The van der Waals surface area contributed by atoms with Gasteiger partial charge in [0.15, 0.2) is 0 Å². The fraction of sp³-hybridized carbons (Fsp3) is 0.857. The molecule has 0 aliphatic heterocycles. The summed E-state index contributed by atoms with van der Waals surface area (Å²) in [5, 5.41) is 6.25. The van der Waals surface area contributed by atoms with Crippen molar-refractivity contribution in [1.82, 2.24) is 0 Å². The van der Waals surface area contributed by atoms with Gasteiger partial charge in [-0.1, -0.05) is 38.5 Å². The third-order valence-electron chi connectivity index (χ3n) is 1.50. The van der Waals surface area contributed by atoms with Gasteiger partial charge in [0.1, 0.15) is 0 Å². The van der Waals surface area contributed by atoms with Gasteiger partial charge in [-0.3, -0.25) is 0 Å². The molecule has 0 saturated heterocycles. The zero-order valence-corrected chi connectivity index (χ0v) is 5.19. The summed E-state index contributed by atoms with van der Waals surface area (Å²) in [7, 11) is 0. The van der Waals surface area contributed by atoms with Crippen molar-refractivity contribution in [1.29, 1.82) is 5.26 Å². The van der Waals surface area contributed by atoms with Crippen LogP contribution in [0.4, 0.5) is 0 Å². The molecule has 0 unspecified atom stereocenters. The molecule has 0 aromatic carbocycles. The summed E-state index contributed by atoms with van der Waals surface area (Å²) in [5.74, 6) is 0. The first-order valence-corrected chi connectivity index (χ1v) is 3.22. The van der Waals surface area contributed by atoms with Gasteiger partial charge in [-0.15, -0.1) is 0 Å². The summed E-state index contributed by atoms with van der Waals surface area (Å²) in [6.07, 6.45) is 9.00. The molecule has 0 bridgehead atoms. The molecule has 0 aromatic rings. The number of rotatable bonds is 0. The van der Waals surface area contributed by atoms with E-state index in [2.05, 4.69) is 0 Å². The quantitative estimate of drug-likeness (QED) is 0.439. The van der Waals surface area contributed by atoms with Crippen LogP contribution in [0.15, 0.2) is 0 Å². The van der Waals surface area contributed by atoms with E-state index >= 15 is 0 Å². The van der Waals surface area contributed by atoms with Gasteiger partial charge in [-0.25, -0.2) is 0 Å². The van der Waals surface area contributed by atoms with Crippen LogP contribution in [-0.4, -0.2) is 0 Å². The van der Waals surface area contributed by atoms with Crippen LogP contribution in [0.1, 0.15) is 38.5 Å². The fourth-order valence-corrected chi connectivity index (χ4v) is 1.06. The molecule has 1 heteroatoms. The lowest BCUT2D eigenvalue weighted by atomic mass is 10.0. The van der Waals surface area contributed by atoms with Crippen molar-refractivity contribution in [3.8, 4) is 0 Å². The first-order valence-electron chi connectivity index (χ1n) is 3.22. The Morgan fingerprint density at radius 2 is 0.750 bits per heavy atom. The molecule has 1 nitrogen and oxygen atoms in total. The second-order valence-corrected chi connectivity index (χ2v) is 2.12. The van der Waals surface area contributed by atoms with Gasteiger partial charge >= 0.3 is 0 Å². The Balaban J connectivity index is 0.000000222. The van der Waals surface area contributed by atoms with Crippen molar-refractivity contribution in [2.45, 2.75) is 38.5 Å². The van der Waals surface area contributed by atoms with E-state index < -0.39 is 0 Å². The third-order valence-corrected chi connectivity index (χ3v) is 1.50. The predicted octanol–water partition coefficient (Wildman–Crippen LogP) is 2.44. The van der Waals surface area contributed by atoms with E-state index in [-0.39, 0.29) is 0 Å². The van der Waals surface area contributed by atoms with E-state index in [4.69, 9.17) is 11.8 Å². The minimum Gasteiger partial charge on any atom is -0.512 e. The summed E-state index contributed by atoms with van der Waals surface area (Å²) in [6.45, 7) is 4.75. The van der Waals surface area contributed by atoms with E-state index in [1.807, 2.05) is 0 Å². The molecule has 0 amide bonds. The van der Waals surface area contributed by atoms with Crippen LogP contribution in [-0.2, 0) is 0 Å². The third kappa shape index (κ3) is 3.67. The van der Waals surface area contributed by atoms with E-state index in [1.54, 1.807) is 0 Å². The summed E-state index contributed by atoms with van der Waals surface area (Å²) in [6, 6.07) is 0. The lowest BCUT2D eigenvalue weighted by Crippen LogP contribution is -1.85. The van der Waals surface area contributed by atoms with Crippen molar-refractivity contribution in [3.05, 3.63) is 6.57 Å². The first-order chi connectivity index (χ1) is 4.00. The number of nitrogens with zero attached hydrogens (tertiary/aromatic N) is 1. The molecule has 1 aliphatic rings. The van der Waals surface area contributed by atoms with Crippen molar-refractivity contribution in [3.63, 3.8) is 0 Å². The average molecular weight is 110 g/mol. The molecule has 0 N–H and O–H groups in total. The molecular weight excluding hydrogens is 98.1 g/mol. The standard InChI is InChI=1S/C6H12.CN/c1-2-4-6-5-3-1;1-2/h1-6H2;/q;-1. The van der Waals surface area contributed by atoms with Crippen molar-refractivity contribution in [2.75, 3.05) is 0 Å². The Labute approximate surface area is 51.3 Å². The monoisotopic (exact) mass is 110 g/mol. The van der Waals surface area contributed by atoms with E-state index in [0.29, 0.717) is 0 Å². The van der Waals surface area contributed by atoms with Crippen LogP contribution in [0.2, 0.25) is 0 Å². The summed E-state index contributed by atoms with van der Waals surface area (Å²) < 4.78 is 0. The highest BCUT2D eigenvalue weighted by atomic mass is 14.2. The zero-order valence-electron chi connectivity index (χ0n) is 5.19. The Bertz CT molecular complexity index is 41.1. The summed E-state index contributed by atoms with van der Waals surface area (Å²) in [5.41, 5.74) is 0. The van der Waals surface area contributed by atoms with Gasteiger partial charge in [0.05, 0.1) is 0 Å². The number of hydrogen-bond donors (Lipinski definition) is 0. The molecular formula is C7H12N-. The molecule has 0 radical (unpaired) electrons. The summed E-state index contributed by atoms with van der Waals surface area (Å²) in [4.78, 5) is 0. The second-order valence-electron chi connectivity index (χ2n) is 2.12. The van der Waals surface area contributed by atoms with Crippen LogP contribution in [0.5, 0.6) is 0 Å². The van der Waals surface area contributed by atoms with Crippen molar-refractivity contribution in [2.24, 2.45) is 0 Å². The molecule has 1 rings (SSSR count). The Morgan fingerprint density at radius 3 is 0.875 bits per heavy atom. The normalized spacial score (nSPS) is 18.2. The highest BCUT2D eigenvalue weighted by Gasteiger charge is 1.95. The van der Waals surface area contributed by atoms with Crippen LogP contribution >= 0.6 is 0 Å². The highest BCUT2D eigenvalue weighted by Crippen LogP contribution is 2.15. The highest BCUT2D eigenvalue weighted by molar-refractivity contribution is 4.51. The molecule has 46 valence electrons. The smallest absolute Gasteiger partial charge is 0.0533 e. The van der Waals surface area contributed by atoms with Crippen molar-refractivity contribution >= 4 is 0 Å². The molecule has 0 heterocycles.